The van der Waals surface area contributed by atoms with Gasteiger partial charge in [0, 0.05) is 12.1 Å². The number of benzene rings is 1. The summed E-state index contributed by atoms with van der Waals surface area (Å²) in [4.78, 5) is 52.7. The number of alkyl carbamates (subject to hydrolysis) is 1. The average Bonchev–Trinajstić information content (AvgIpc) is 2.62. The van der Waals surface area contributed by atoms with Gasteiger partial charge in [-0.1, -0.05) is 23.8 Å². The van der Waals surface area contributed by atoms with Gasteiger partial charge in [0.05, 0.1) is 6.42 Å². The van der Waals surface area contributed by atoms with Crippen LogP contribution in [-0.2, 0) is 19.1 Å². The van der Waals surface area contributed by atoms with Crippen LogP contribution in [-0.4, -0.2) is 52.4 Å². The van der Waals surface area contributed by atoms with Crippen molar-refractivity contribution >= 4 is 23.8 Å². The number of nitrogens with zero attached hydrogens (tertiary/aromatic N) is 1. The van der Waals surface area contributed by atoms with Crippen molar-refractivity contribution in [2.24, 2.45) is 5.73 Å². The maximum Gasteiger partial charge on any atom is 0.408 e. The van der Waals surface area contributed by atoms with Crippen LogP contribution in [0.3, 0.4) is 0 Å². The number of hydrogen-bond acceptors (Lipinski definition) is 5. The van der Waals surface area contributed by atoms with Gasteiger partial charge in [0.25, 0.3) is 0 Å². The molecule has 2 atom stereocenters. The van der Waals surface area contributed by atoms with Crippen molar-refractivity contribution in [2.45, 2.75) is 98.5 Å². The standard InChI is InChI=1S/C25H40N4O5/c1-14(2)27-22(31)21(18-11-10-16(5)12-17(18)6)29(15(3)4)23(32)19(13-20(26)30)28-24(33)34-25(7,8)9/h10-12,14-15,19,21H,13H2,1-9H3,(H2,26,30)(H,27,31)(H,28,33). The minimum absolute atomic E-state index is 0.161. The molecule has 0 saturated heterocycles. The molecule has 0 radical (unpaired) electrons. The van der Waals surface area contributed by atoms with E-state index in [0.29, 0.717) is 5.56 Å². The zero-order chi connectivity index (χ0) is 26.4. The molecule has 2 unspecified atom stereocenters. The van der Waals surface area contributed by atoms with E-state index in [2.05, 4.69) is 10.6 Å². The van der Waals surface area contributed by atoms with E-state index in [1.54, 1.807) is 34.6 Å². The van der Waals surface area contributed by atoms with E-state index in [1.807, 2.05) is 45.9 Å². The van der Waals surface area contributed by atoms with Gasteiger partial charge in [-0.3, -0.25) is 14.4 Å². The fraction of sp³-hybridized carbons (Fsp3) is 0.600. The second-order valence-corrected chi connectivity index (χ2v) is 10.1. The Balaban J connectivity index is 3.53. The number of nitrogens with one attached hydrogen (secondary N) is 2. The quantitative estimate of drug-likeness (QED) is 0.504. The fourth-order valence-corrected chi connectivity index (χ4v) is 3.62. The zero-order valence-electron chi connectivity index (χ0n) is 21.8. The lowest BCUT2D eigenvalue weighted by molar-refractivity contribution is -0.145. The van der Waals surface area contributed by atoms with Crippen molar-refractivity contribution in [3.63, 3.8) is 0 Å². The first-order chi connectivity index (χ1) is 15.5. The molecule has 0 aliphatic carbocycles. The lowest BCUT2D eigenvalue weighted by atomic mass is 9.95. The van der Waals surface area contributed by atoms with Crippen LogP contribution in [0.4, 0.5) is 4.79 Å². The zero-order valence-corrected chi connectivity index (χ0v) is 21.8. The van der Waals surface area contributed by atoms with E-state index in [1.165, 1.54) is 4.90 Å². The molecule has 190 valence electrons. The number of carbonyl (C=O) groups excluding carboxylic acids is 4. The molecule has 0 aliphatic rings. The van der Waals surface area contributed by atoms with Crippen molar-refractivity contribution in [3.8, 4) is 0 Å². The van der Waals surface area contributed by atoms with Crippen molar-refractivity contribution < 1.29 is 23.9 Å². The van der Waals surface area contributed by atoms with Crippen molar-refractivity contribution in [1.82, 2.24) is 15.5 Å². The summed E-state index contributed by atoms with van der Waals surface area (Å²) in [5, 5.41) is 5.35. The minimum Gasteiger partial charge on any atom is -0.444 e. The maximum atomic E-state index is 13.8. The molecule has 1 aromatic rings. The van der Waals surface area contributed by atoms with E-state index in [-0.39, 0.29) is 11.9 Å². The van der Waals surface area contributed by atoms with Crippen LogP contribution >= 0.6 is 0 Å². The molecule has 9 heteroatoms. The summed E-state index contributed by atoms with van der Waals surface area (Å²) in [6.07, 6.45) is -1.29. The molecular formula is C25H40N4O5. The largest absolute Gasteiger partial charge is 0.444 e. The SMILES string of the molecule is Cc1ccc(C(C(=O)NC(C)C)N(C(=O)C(CC(N)=O)NC(=O)OC(C)(C)C)C(C)C)c(C)c1. The lowest BCUT2D eigenvalue weighted by Crippen LogP contribution is -2.56. The number of aryl methyl sites for hydroxylation is 2. The number of amides is 4. The Kier molecular flexibility index (Phi) is 10.1. The Morgan fingerprint density at radius 2 is 1.62 bits per heavy atom. The van der Waals surface area contributed by atoms with E-state index in [0.717, 1.165) is 11.1 Å². The Morgan fingerprint density at radius 3 is 2.06 bits per heavy atom. The molecule has 1 rings (SSSR count). The van der Waals surface area contributed by atoms with Crippen LogP contribution in [0, 0.1) is 13.8 Å². The number of primary amides is 1. The molecule has 0 saturated carbocycles. The summed E-state index contributed by atoms with van der Waals surface area (Å²) in [6.45, 7) is 16.1. The summed E-state index contributed by atoms with van der Waals surface area (Å²) in [5.74, 6) is -1.74. The normalized spacial score (nSPS) is 13.3. The monoisotopic (exact) mass is 476 g/mol. The Morgan fingerprint density at radius 1 is 1.03 bits per heavy atom. The Bertz CT molecular complexity index is 905. The summed E-state index contributed by atoms with van der Waals surface area (Å²) >= 11 is 0. The van der Waals surface area contributed by atoms with Gasteiger partial charge in [-0.15, -0.1) is 0 Å². The predicted molar refractivity (Wildman–Crippen MR) is 131 cm³/mol. The highest BCUT2D eigenvalue weighted by atomic mass is 16.6. The average molecular weight is 477 g/mol. The van der Waals surface area contributed by atoms with Gasteiger partial charge in [-0.25, -0.2) is 4.79 Å². The highest BCUT2D eigenvalue weighted by molar-refractivity contribution is 5.94. The third kappa shape index (κ3) is 8.68. The van der Waals surface area contributed by atoms with Gasteiger partial charge >= 0.3 is 6.09 Å². The first kappa shape index (κ1) is 28.9. The van der Waals surface area contributed by atoms with Crippen molar-refractivity contribution in [2.75, 3.05) is 0 Å². The van der Waals surface area contributed by atoms with E-state index < -0.39 is 48.1 Å². The third-order valence-corrected chi connectivity index (χ3v) is 4.88. The molecule has 0 fully saturated rings. The molecule has 0 bridgehead atoms. The summed E-state index contributed by atoms with van der Waals surface area (Å²) in [7, 11) is 0. The molecule has 4 N–H and O–H groups in total. The van der Waals surface area contributed by atoms with Crippen molar-refractivity contribution in [1.29, 1.82) is 0 Å². The molecule has 9 nitrogen and oxygen atoms in total. The fourth-order valence-electron chi connectivity index (χ4n) is 3.62. The number of rotatable bonds is 9. The molecule has 1 aromatic carbocycles. The molecular weight excluding hydrogens is 436 g/mol. The van der Waals surface area contributed by atoms with Gasteiger partial charge in [-0.2, -0.15) is 0 Å². The van der Waals surface area contributed by atoms with Crippen LogP contribution in [0.15, 0.2) is 18.2 Å². The smallest absolute Gasteiger partial charge is 0.408 e. The molecule has 0 spiro atoms. The number of ether oxygens (including phenoxy) is 1. The van der Waals surface area contributed by atoms with Gasteiger partial charge in [0.1, 0.15) is 17.7 Å². The van der Waals surface area contributed by atoms with Gasteiger partial charge in [0.2, 0.25) is 17.7 Å². The number of hydrogen-bond donors (Lipinski definition) is 3. The van der Waals surface area contributed by atoms with Crippen LogP contribution in [0.1, 0.15) is 77.6 Å². The summed E-state index contributed by atoms with van der Waals surface area (Å²) < 4.78 is 5.27. The minimum atomic E-state index is -1.30. The van der Waals surface area contributed by atoms with E-state index >= 15 is 0 Å². The van der Waals surface area contributed by atoms with Crippen LogP contribution < -0.4 is 16.4 Å². The van der Waals surface area contributed by atoms with Crippen LogP contribution in [0.2, 0.25) is 0 Å². The first-order valence-electron chi connectivity index (χ1n) is 11.5. The van der Waals surface area contributed by atoms with E-state index in [9.17, 15) is 19.2 Å². The number of carbonyl (C=O) groups is 4. The predicted octanol–water partition coefficient (Wildman–Crippen LogP) is 2.87. The first-order valence-corrected chi connectivity index (χ1v) is 11.5. The molecule has 0 aliphatic heterocycles. The third-order valence-electron chi connectivity index (χ3n) is 4.88. The summed E-state index contributed by atoms with van der Waals surface area (Å²) in [6, 6.07) is 2.76. The van der Waals surface area contributed by atoms with Gasteiger partial charge < -0.3 is 26.0 Å². The second kappa shape index (κ2) is 11.9. The topological polar surface area (TPSA) is 131 Å². The molecule has 34 heavy (non-hydrogen) atoms. The number of nitrogens with two attached hydrogens (primary N) is 1. The molecule has 0 aromatic heterocycles. The van der Waals surface area contributed by atoms with Crippen LogP contribution in [0.25, 0.3) is 0 Å². The maximum absolute atomic E-state index is 13.8. The Labute approximate surface area is 202 Å². The highest BCUT2D eigenvalue weighted by Crippen LogP contribution is 2.28. The molecule has 4 amide bonds. The second-order valence-electron chi connectivity index (χ2n) is 10.1. The van der Waals surface area contributed by atoms with Crippen LogP contribution in [0.5, 0.6) is 0 Å². The Hall–Kier alpha value is -3.10. The van der Waals surface area contributed by atoms with Crippen molar-refractivity contribution in [3.05, 3.63) is 34.9 Å². The highest BCUT2D eigenvalue weighted by Gasteiger charge is 2.39. The van der Waals surface area contributed by atoms with Gasteiger partial charge in [0.15, 0.2) is 0 Å². The summed E-state index contributed by atoms with van der Waals surface area (Å²) in [5.41, 5.74) is 7.09. The lowest BCUT2D eigenvalue weighted by Gasteiger charge is -2.38. The molecule has 0 heterocycles. The van der Waals surface area contributed by atoms with E-state index in [4.69, 9.17) is 10.5 Å². The van der Waals surface area contributed by atoms with Gasteiger partial charge in [-0.05, 0) is 73.4 Å².